The molecular formula is C32H26N4. The van der Waals surface area contributed by atoms with Gasteiger partial charge in [-0.2, -0.15) is 0 Å². The molecule has 5 aromatic carbocycles. The van der Waals surface area contributed by atoms with Crippen molar-refractivity contribution < 1.29 is 0 Å². The van der Waals surface area contributed by atoms with Gasteiger partial charge in [-0.25, -0.2) is 0 Å². The van der Waals surface area contributed by atoms with E-state index in [9.17, 15) is 0 Å². The summed E-state index contributed by atoms with van der Waals surface area (Å²) in [5.41, 5.74) is 8.08. The summed E-state index contributed by atoms with van der Waals surface area (Å²) in [5, 5.41) is 6.76. The second-order valence-corrected chi connectivity index (χ2v) is 8.26. The summed E-state index contributed by atoms with van der Waals surface area (Å²) in [4.78, 5) is 9.19. The molecule has 0 aliphatic heterocycles. The standard InChI is InChI=1S/C32H26N4/c1-3-7-29(8-4-1)35-31-19-15-27(16-20-31)33-23-25-11-13-26(14-12-25)24-34-28-17-21-32(22-18-28)36-30-9-5-2-6-10-30/h1-24,35-36H/b33-23+,34-24+. The molecule has 36 heavy (non-hydrogen) atoms. The summed E-state index contributed by atoms with van der Waals surface area (Å²) >= 11 is 0. The van der Waals surface area contributed by atoms with E-state index in [4.69, 9.17) is 0 Å². The summed E-state index contributed by atoms with van der Waals surface area (Å²) in [6.07, 6.45) is 3.75. The average Bonchev–Trinajstić information content (AvgIpc) is 2.94. The monoisotopic (exact) mass is 466 g/mol. The molecule has 5 aromatic rings. The fourth-order valence-electron chi connectivity index (χ4n) is 3.60. The van der Waals surface area contributed by atoms with E-state index >= 15 is 0 Å². The largest absolute Gasteiger partial charge is 0.356 e. The Hall–Kier alpha value is -4.96. The highest BCUT2D eigenvalue weighted by Crippen LogP contribution is 2.21. The lowest BCUT2D eigenvalue weighted by Crippen LogP contribution is -1.88. The predicted molar refractivity (Wildman–Crippen MR) is 153 cm³/mol. The molecule has 0 radical (unpaired) electrons. The Labute approximate surface area is 211 Å². The van der Waals surface area contributed by atoms with Gasteiger partial charge in [0.25, 0.3) is 0 Å². The molecule has 5 rings (SSSR count). The Balaban J connectivity index is 1.15. The van der Waals surface area contributed by atoms with Crippen LogP contribution in [0.4, 0.5) is 34.1 Å². The van der Waals surface area contributed by atoms with Gasteiger partial charge in [0.1, 0.15) is 0 Å². The van der Waals surface area contributed by atoms with Crippen LogP contribution in [-0.2, 0) is 0 Å². The van der Waals surface area contributed by atoms with Crippen LogP contribution in [0, 0.1) is 0 Å². The van der Waals surface area contributed by atoms with Gasteiger partial charge in [0.15, 0.2) is 0 Å². The van der Waals surface area contributed by atoms with Gasteiger partial charge in [-0.15, -0.1) is 0 Å². The van der Waals surface area contributed by atoms with Crippen LogP contribution in [0.5, 0.6) is 0 Å². The van der Waals surface area contributed by atoms with Crippen LogP contribution in [0.1, 0.15) is 11.1 Å². The van der Waals surface area contributed by atoms with Gasteiger partial charge in [-0.3, -0.25) is 9.98 Å². The molecule has 0 saturated heterocycles. The minimum Gasteiger partial charge on any atom is -0.356 e. The Kier molecular flexibility index (Phi) is 7.26. The molecule has 0 amide bonds. The zero-order valence-corrected chi connectivity index (χ0v) is 19.8. The number of nitrogens with zero attached hydrogens (tertiary/aromatic N) is 2. The van der Waals surface area contributed by atoms with Crippen LogP contribution in [0.3, 0.4) is 0 Å². The van der Waals surface area contributed by atoms with Crippen LogP contribution in [0.15, 0.2) is 143 Å². The third-order valence-electron chi connectivity index (χ3n) is 5.52. The Bertz CT molecular complexity index is 1310. The van der Waals surface area contributed by atoms with E-state index in [0.717, 1.165) is 45.3 Å². The fraction of sp³-hybridized carbons (Fsp3) is 0. The molecule has 0 aliphatic rings. The molecule has 0 spiro atoms. The fourth-order valence-corrected chi connectivity index (χ4v) is 3.60. The van der Waals surface area contributed by atoms with Crippen molar-refractivity contribution in [2.45, 2.75) is 0 Å². The molecule has 0 heterocycles. The lowest BCUT2D eigenvalue weighted by molar-refractivity contribution is 1.49. The first-order valence-electron chi connectivity index (χ1n) is 11.8. The van der Waals surface area contributed by atoms with E-state index < -0.39 is 0 Å². The normalized spacial score (nSPS) is 11.1. The molecule has 0 aliphatic carbocycles. The molecule has 4 heteroatoms. The van der Waals surface area contributed by atoms with Crippen molar-refractivity contribution in [2.75, 3.05) is 10.6 Å². The zero-order valence-electron chi connectivity index (χ0n) is 19.8. The Morgan fingerprint density at radius 2 is 0.694 bits per heavy atom. The van der Waals surface area contributed by atoms with E-state index in [1.54, 1.807) is 0 Å². The van der Waals surface area contributed by atoms with Crippen LogP contribution >= 0.6 is 0 Å². The van der Waals surface area contributed by atoms with Gasteiger partial charge in [0, 0.05) is 35.2 Å². The summed E-state index contributed by atoms with van der Waals surface area (Å²) in [6.45, 7) is 0. The number of hydrogen-bond acceptors (Lipinski definition) is 4. The second-order valence-electron chi connectivity index (χ2n) is 8.26. The van der Waals surface area contributed by atoms with E-state index in [0.29, 0.717) is 0 Å². The van der Waals surface area contributed by atoms with Crippen LogP contribution in [0.25, 0.3) is 0 Å². The van der Waals surface area contributed by atoms with Gasteiger partial charge in [0.05, 0.1) is 11.4 Å². The van der Waals surface area contributed by atoms with Gasteiger partial charge in [0.2, 0.25) is 0 Å². The lowest BCUT2D eigenvalue weighted by Gasteiger charge is -2.06. The first kappa shape index (κ1) is 22.8. The smallest absolute Gasteiger partial charge is 0.0631 e. The molecule has 0 aromatic heterocycles. The quantitative estimate of drug-likeness (QED) is 0.225. The average molecular weight is 467 g/mol. The highest BCUT2D eigenvalue weighted by Gasteiger charge is 1.97. The minimum absolute atomic E-state index is 0.907. The maximum Gasteiger partial charge on any atom is 0.0631 e. The SMILES string of the molecule is C(=N\c1ccc(Nc2ccccc2)cc1)/c1ccc(/C=N/c2ccc(Nc3ccccc3)cc2)cc1. The van der Waals surface area contributed by atoms with Crippen LogP contribution in [-0.4, -0.2) is 12.4 Å². The predicted octanol–water partition coefficient (Wildman–Crippen LogP) is 8.68. The van der Waals surface area contributed by atoms with E-state index in [2.05, 4.69) is 20.6 Å². The molecular weight excluding hydrogens is 440 g/mol. The van der Waals surface area contributed by atoms with Crippen molar-refractivity contribution in [3.05, 3.63) is 145 Å². The number of hydrogen-bond donors (Lipinski definition) is 2. The number of para-hydroxylation sites is 2. The topological polar surface area (TPSA) is 48.8 Å². The van der Waals surface area contributed by atoms with Crippen molar-refractivity contribution in [1.82, 2.24) is 0 Å². The molecule has 2 N–H and O–H groups in total. The minimum atomic E-state index is 0.907. The highest BCUT2D eigenvalue weighted by atomic mass is 14.9. The maximum atomic E-state index is 4.59. The molecule has 4 nitrogen and oxygen atoms in total. The van der Waals surface area contributed by atoms with Crippen molar-refractivity contribution >= 4 is 46.6 Å². The zero-order chi connectivity index (χ0) is 24.4. The summed E-state index contributed by atoms with van der Waals surface area (Å²) in [6, 6.07) is 44.6. The summed E-state index contributed by atoms with van der Waals surface area (Å²) in [7, 11) is 0. The van der Waals surface area contributed by atoms with Crippen molar-refractivity contribution in [2.24, 2.45) is 9.98 Å². The third-order valence-corrected chi connectivity index (χ3v) is 5.52. The maximum absolute atomic E-state index is 4.59. The van der Waals surface area contributed by atoms with Crippen LogP contribution < -0.4 is 10.6 Å². The first-order valence-corrected chi connectivity index (χ1v) is 11.8. The van der Waals surface area contributed by atoms with Gasteiger partial charge < -0.3 is 10.6 Å². The lowest BCUT2D eigenvalue weighted by atomic mass is 10.1. The number of nitrogens with one attached hydrogen (secondary N) is 2. The van der Waals surface area contributed by atoms with E-state index in [1.807, 2.05) is 146 Å². The first-order chi connectivity index (χ1) is 17.8. The third kappa shape index (κ3) is 6.55. The van der Waals surface area contributed by atoms with Gasteiger partial charge in [-0.1, -0.05) is 60.7 Å². The molecule has 0 fully saturated rings. The second kappa shape index (κ2) is 11.4. The van der Waals surface area contributed by atoms with Crippen molar-refractivity contribution in [1.29, 1.82) is 0 Å². The molecule has 0 bridgehead atoms. The number of rotatable bonds is 8. The van der Waals surface area contributed by atoms with Crippen LogP contribution in [0.2, 0.25) is 0 Å². The van der Waals surface area contributed by atoms with E-state index in [-0.39, 0.29) is 0 Å². The molecule has 0 unspecified atom stereocenters. The van der Waals surface area contributed by atoms with Gasteiger partial charge >= 0.3 is 0 Å². The number of anilines is 4. The van der Waals surface area contributed by atoms with Crippen molar-refractivity contribution in [3.8, 4) is 0 Å². The highest BCUT2D eigenvalue weighted by molar-refractivity contribution is 5.86. The summed E-state index contributed by atoms with van der Waals surface area (Å²) < 4.78 is 0. The van der Waals surface area contributed by atoms with E-state index in [1.165, 1.54) is 0 Å². The van der Waals surface area contributed by atoms with Gasteiger partial charge in [-0.05, 0) is 83.9 Å². The Morgan fingerprint density at radius 1 is 0.361 bits per heavy atom. The molecule has 174 valence electrons. The number of benzene rings is 5. The molecule has 0 atom stereocenters. The number of aliphatic imine (C=N–C) groups is 2. The molecule has 0 saturated carbocycles. The van der Waals surface area contributed by atoms with Crippen molar-refractivity contribution in [3.63, 3.8) is 0 Å². The summed E-state index contributed by atoms with van der Waals surface area (Å²) in [5.74, 6) is 0. The Morgan fingerprint density at radius 3 is 1.06 bits per heavy atom.